The van der Waals surface area contributed by atoms with Gasteiger partial charge in [-0.1, -0.05) is 24.3 Å². The van der Waals surface area contributed by atoms with E-state index in [0.717, 1.165) is 36.5 Å². The highest BCUT2D eigenvalue weighted by molar-refractivity contribution is 7.89. The molecule has 0 spiro atoms. The Hall–Kier alpha value is -2.78. The van der Waals surface area contributed by atoms with Gasteiger partial charge < -0.3 is 20.3 Å². The molecule has 29 heavy (non-hydrogen) atoms. The van der Waals surface area contributed by atoms with E-state index in [1.807, 2.05) is 18.2 Å². The molecule has 0 aromatic heterocycles. The largest absolute Gasteiger partial charge is 0.495 e. The Bertz CT molecular complexity index is 960. The molecule has 1 unspecified atom stereocenters. The van der Waals surface area contributed by atoms with Gasteiger partial charge in [0.05, 0.1) is 17.7 Å². The Kier molecular flexibility index (Phi) is 6.60. The number of aliphatic imine (C=N–C) groups is 1. The van der Waals surface area contributed by atoms with Crippen LogP contribution in [0.3, 0.4) is 0 Å². The van der Waals surface area contributed by atoms with Gasteiger partial charge in [0.2, 0.25) is 10.0 Å². The van der Waals surface area contributed by atoms with Crippen LogP contribution in [0.25, 0.3) is 0 Å². The summed E-state index contributed by atoms with van der Waals surface area (Å²) in [5.41, 5.74) is 2.03. The topological polar surface area (TPSA) is 109 Å². The number of hydrogen-bond acceptors (Lipinski definition) is 5. The minimum Gasteiger partial charge on any atom is -0.495 e. The van der Waals surface area contributed by atoms with Crippen LogP contribution >= 0.6 is 0 Å². The van der Waals surface area contributed by atoms with Gasteiger partial charge in [-0.3, -0.25) is 4.99 Å². The van der Waals surface area contributed by atoms with E-state index in [0.29, 0.717) is 12.5 Å². The van der Waals surface area contributed by atoms with Crippen LogP contribution in [0.1, 0.15) is 12.0 Å². The molecule has 1 aliphatic rings. The van der Waals surface area contributed by atoms with Crippen LogP contribution in [0.2, 0.25) is 0 Å². The van der Waals surface area contributed by atoms with Crippen molar-refractivity contribution in [1.29, 1.82) is 0 Å². The van der Waals surface area contributed by atoms with Crippen LogP contribution in [0, 0.1) is 0 Å². The van der Waals surface area contributed by atoms with E-state index in [1.165, 1.54) is 12.1 Å². The fourth-order valence-electron chi connectivity index (χ4n) is 3.36. The standard InChI is InChI=1S/C20H27N5O3S/c1-22-20(23-13-15-7-9-17(10-8-15)29(21,26)27)24-16-11-12-25(14-16)18-5-3-4-6-19(18)28-2/h3-10,16H,11-14H2,1-2H3,(H2,21,26,27)(H2,22,23,24). The second-order valence-corrected chi connectivity index (χ2v) is 8.42. The predicted octanol–water partition coefficient (Wildman–Crippen LogP) is 1.29. The third-order valence-electron chi connectivity index (χ3n) is 4.89. The first-order valence-electron chi connectivity index (χ1n) is 9.37. The molecule has 8 nitrogen and oxygen atoms in total. The van der Waals surface area contributed by atoms with Crippen molar-refractivity contribution in [2.24, 2.45) is 10.1 Å². The van der Waals surface area contributed by atoms with Gasteiger partial charge >= 0.3 is 0 Å². The Balaban J connectivity index is 1.54. The van der Waals surface area contributed by atoms with Crippen molar-refractivity contribution in [3.8, 4) is 5.75 Å². The highest BCUT2D eigenvalue weighted by atomic mass is 32.2. The number of guanidine groups is 1. The van der Waals surface area contributed by atoms with Crippen molar-refractivity contribution in [2.75, 3.05) is 32.1 Å². The quantitative estimate of drug-likeness (QED) is 0.483. The summed E-state index contributed by atoms with van der Waals surface area (Å²) in [5, 5.41) is 11.8. The number of primary sulfonamides is 1. The second-order valence-electron chi connectivity index (χ2n) is 6.86. The molecule has 2 aromatic carbocycles. The van der Waals surface area contributed by atoms with E-state index in [-0.39, 0.29) is 10.9 Å². The van der Waals surface area contributed by atoms with Crippen molar-refractivity contribution in [2.45, 2.75) is 23.9 Å². The first-order valence-corrected chi connectivity index (χ1v) is 10.9. The fraction of sp³-hybridized carbons (Fsp3) is 0.350. The van der Waals surface area contributed by atoms with Gasteiger partial charge in [-0.15, -0.1) is 0 Å². The molecule has 1 heterocycles. The molecule has 2 aromatic rings. The summed E-state index contributed by atoms with van der Waals surface area (Å²) in [4.78, 5) is 6.69. The minimum absolute atomic E-state index is 0.103. The second kappa shape index (κ2) is 9.15. The maximum atomic E-state index is 11.3. The number of methoxy groups -OCH3 is 1. The van der Waals surface area contributed by atoms with E-state index in [9.17, 15) is 8.42 Å². The number of benzene rings is 2. The molecule has 1 aliphatic heterocycles. The Labute approximate surface area is 171 Å². The third kappa shape index (κ3) is 5.39. The highest BCUT2D eigenvalue weighted by Crippen LogP contribution is 2.30. The molecule has 1 saturated heterocycles. The van der Waals surface area contributed by atoms with E-state index < -0.39 is 10.0 Å². The van der Waals surface area contributed by atoms with Crippen molar-refractivity contribution >= 4 is 21.7 Å². The van der Waals surface area contributed by atoms with Crippen LogP contribution in [0.5, 0.6) is 5.75 Å². The minimum atomic E-state index is -3.67. The molecule has 0 saturated carbocycles. The molecule has 156 valence electrons. The van der Waals surface area contributed by atoms with Gasteiger partial charge in [0, 0.05) is 32.7 Å². The van der Waals surface area contributed by atoms with E-state index in [2.05, 4.69) is 26.6 Å². The number of rotatable bonds is 6. The van der Waals surface area contributed by atoms with Gasteiger partial charge in [-0.2, -0.15) is 0 Å². The summed E-state index contributed by atoms with van der Waals surface area (Å²) in [6, 6.07) is 14.8. The summed E-state index contributed by atoms with van der Waals surface area (Å²) in [6.07, 6.45) is 0.988. The molecular formula is C20H27N5O3S. The number of sulfonamides is 1. The van der Waals surface area contributed by atoms with Gasteiger partial charge in [0.15, 0.2) is 5.96 Å². The molecule has 0 bridgehead atoms. The SMILES string of the molecule is CN=C(NCc1ccc(S(N)(=O)=O)cc1)NC1CCN(c2ccccc2OC)C1. The molecule has 9 heteroatoms. The van der Waals surface area contributed by atoms with Crippen molar-refractivity contribution in [3.05, 3.63) is 54.1 Å². The number of ether oxygens (including phenoxy) is 1. The van der Waals surface area contributed by atoms with E-state index in [1.54, 1.807) is 26.3 Å². The summed E-state index contributed by atoms with van der Waals surface area (Å²) in [6.45, 7) is 2.31. The normalized spacial score (nSPS) is 17.3. The number of nitrogens with two attached hydrogens (primary N) is 1. The maximum absolute atomic E-state index is 11.3. The number of nitrogens with one attached hydrogen (secondary N) is 2. The van der Waals surface area contributed by atoms with Gasteiger partial charge in [-0.05, 0) is 36.2 Å². The molecule has 0 radical (unpaired) electrons. The van der Waals surface area contributed by atoms with Crippen molar-refractivity contribution in [3.63, 3.8) is 0 Å². The number of nitrogens with zero attached hydrogens (tertiary/aromatic N) is 2. The summed E-state index contributed by atoms with van der Waals surface area (Å²) in [5.74, 6) is 1.57. The average Bonchev–Trinajstić information content (AvgIpc) is 3.19. The van der Waals surface area contributed by atoms with Gasteiger partial charge in [0.1, 0.15) is 5.75 Å². The lowest BCUT2D eigenvalue weighted by Gasteiger charge is -2.22. The summed E-state index contributed by atoms with van der Waals surface area (Å²) < 4.78 is 28.1. The van der Waals surface area contributed by atoms with Gasteiger partial charge in [0.25, 0.3) is 0 Å². The predicted molar refractivity (Wildman–Crippen MR) is 115 cm³/mol. The first-order chi connectivity index (χ1) is 13.9. The van der Waals surface area contributed by atoms with Crippen LogP contribution in [0.15, 0.2) is 58.4 Å². The Morgan fingerprint density at radius 3 is 2.62 bits per heavy atom. The molecule has 3 rings (SSSR count). The van der Waals surface area contributed by atoms with E-state index in [4.69, 9.17) is 9.88 Å². The fourth-order valence-corrected chi connectivity index (χ4v) is 3.87. The lowest BCUT2D eigenvalue weighted by molar-refractivity contribution is 0.415. The molecule has 4 N–H and O–H groups in total. The third-order valence-corrected chi connectivity index (χ3v) is 5.82. The summed E-state index contributed by atoms with van der Waals surface area (Å²) >= 11 is 0. The van der Waals surface area contributed by atoms with E-state index >= 15 is 0 Å². The zero-order chi connectivity index (χ0) is 20.9. The monoisotopic (exact) mass is 417 g/mol. The lowest BCUT2D eigenvalue weighted by atomic mass is 10.2. The molecule has 1 atom stereocenters. The Morgan fingerprint density at radius 2 is 1.97 bits per heavy atom. The first kappa shape index (κ1) is 20.9. The zero-order valence-electron chi connectivity index (χ0n) is 16.6. The number of hydrogen-bond donors (Lipinski definition) is 3. The smallest absolute Gasteiger partial charge is 0.238 e. The van der Waals surface area contributed by atoms with Crippen LogP contribution < -0.4 is 25.4 Å². The van der Waals surface area contributed by atoms with Crippen LogP contribution in [-0.4, -0.2) is 47.7 Å². The average molecular weight is 418 g/mol. The molecule has 1 fully saturated rings. The molecule has 0 amide bonds. The number of para-hydroxylation sites is 2. The lowest BCUT2D eigenvalue weighted by Crippen LogP contribution is -2.44. The van der Waals surface area contributed by atoms with Crippen LogP contribution in [0.4, 0.5) is 5.69 Å². The highest BCUT2D eigenvalue weighted by Gasteiger charge is 2.25. The zero-order valence-corrected chi connectivity index (χ0v) is 17.4. The van der Waals surface area contributed by atoms with Crippen molar-refractivity contribution in [1.82, 2.24) is 10.6 Å². The number of anilines is 1. The maximum Gasteiger partial charge on any atom is 0.238 e. The summed E-state index contributed by atoms with van der Waals surface area (Å²) in [7, 11) is -0.260. The Morgan fingerprint density at radius 1 is 1.24 bits per heavy atom. The molecule has 0 aliphatic carbocycles. The van der Waals surface area contributed by atoms with Crippen LogP contribution in [-0.2, 0) is 16.6 Å². The molecular weight excluding hydrogens is 390 g/mol. The van der Waals surface area contributed by atoms with Gasteiger partial charge in [-0.25, -0.2) is 13.6 Å². The van der Waals surface area contributed by atoms with Crippen molar-refractivity contribution < 1.29 is 13.2 Å².